The van der Waals surface area contributed by atoms with Gasteiger partial charge in [0.2, 0.25) is 0 Å². The van der Waals surface area contributed by atoms with Crippen LogP contribution in [0.4, 0.5) is 19.7 Å². The van der Waals surface area contributed by atoms with Gasteiger partial charge >= 0.3 is 12.1 Å². The summed E-state index contributed by atoms with van der Waals surface area (Å²) < 4.78 is 19.7. The molecule has 2 N–H and O–H groups in total. The van der Waals surface area contributed by atoms with Crippen molar-refractivity contribution in [2.45, 2.75) is 57.8 Å². The van der Waals surface area contributed by atoms with Gasteiger partial charge in [-0.1, -0.05) is 50.2 Å². The summed E-state index contributed by atoms with van der Waals surface area (Å²) in [4.78, 5) is 33.6. The van der Waals surface area contributed by atoms with Crippen molar-refractivity contribution in [1.82, 2.24) is 10.2 Å². The van der Waals surface area contributed by atoms with Crippen molar-refractivity contribution in [3.63, 3.8) is 0 Å². The molecule has 2 heterocycles. The molecule has 0 aliphatic carbocycles. The third-order valence-electron chi connectivity index (χ3n) is 7.03. The van der Waals surface area contributed by atoms with Crippen molar-refractivity contribution in [3.8, 4) is 0 Å². The van der Waals surface area contributed by atoms with Gasteiger partial charge in [0.05, 0.1) is 12.6 Å². The fourth-order valence-electron chi connectivity index (χ4n) is 5.00. The Labute approximate surface area is 210 Å². The Kier molecular flexibility index (Phi) is 7.59. The summed E-state index contributed by atoms with van der Waals surface area (Å²) in [7, 11) is 0. The van der Waals surface area contributed by atoms with Crippen LogP contribution in [0, 0.1) is 11.7 Å². The number of carbonyl (C=O) groups excluding carboxylic acids is 2. The second kappa shape index (κ2) is 10.7. The van der Waals surface area contributed by atoms with Crippen molar-refractivity contribution < 1.29 is 23.8 Å². The van der Waals surface area contributed by atoms with Crippen LogP contribution in [0.25, 0.3) is 0 Å². The number of ether oxygens (including phenoxy) is 1. The number of nitrogens with zero attached hydrogens (tertiary/aromatic N) is 3. The minimum Gasteiger partial charge on any atom is -0.445 e. The highest BCUT2D eigenvalue weighted by Crippen LogP contribution is 2.41. The molecule has 2 aromatic carbocycles. The van der Waals surface area contributed by atoms with Crippen LogP contribution in [-0.4, -0.2) is 58.7 Å². The normalized spacial score (nSPS) is 22.7. The van der Waals surface area contributed by atoms with E-state index < -0.39 is 23.5 Å². The summed E-state index contributed by atoms with van der Waals surface area (Å²) >= 11 is 0. The molecule has 1 saturated heterocycles. The molecule has 1 fully saturated rings. The standard InChI is InChI=1S/C27H33FN4O4/c1-18(2)23(16-33)29-24-27(32(25(34)30-24)22-11-7-10-21(28)14-22)12-13-31(19(3)15-27)26(35)36-17-20-8-5-4-6-9-20/h4-11,14,18-19,23,33H,12-13,15-17H2,1-3H3,(H,29,30,34)/t19-,23?,27+/m0/s1. The van der Waals surface area contributed by atoms with Crippen molar-refractivity contribution in [1.29, 1.82) is 0 Å². The third kappa shape index (κ3) is 5.06. The number of amidine groups is 1. The van der Waals surface area contributed by atoms with Crippen LogP contribution >= 0.6 is 0 Å². The lowest BCUT2D eigenvalue weighted by Gasteiger charge is -2.48. The number of amides is 3. The zero-order valence-corrected chi connectivity index (χ0v) is 20.9. The molecule has 9 heteroatoms. The van der Waals surface area contributed by atoms with Crippen LogP contribution < -0.4 is 10.2 Å². The van der Waals surface area contributed by atoms with Gasteiger partial charge in [-0.05, 0) is 49.4 Å². The number of likely N-dealkylation sites (tertiary alicyclic amines) is 1. The number of carbonyl (C=O) groups is 2. The fourth-order valence-corrected chi connectivity index (χ4v) is 5.00. The van der Waals surface area contributed by atoms with Crippen LogP contribution in [0.2, 0.25) is 0 Å². The summed E-state index contributed by atoms with van der Waals surface area (Å²) in [5, 5.41) is 13.2. The Hall–Kier alpha value is -3.46. The molecule has 36 heavy (non-hydrogen) atoms. The van der Waals surface area contributed by atoms with E-state index in [9.17, 15) is 19.1 Å². The summed E-state index contributed by atoms with van der Waals surface area (Å²) in [5.41, 5.74) is 0.383. The first-order chi connectivity index (χ1) is 17.2. The van der Waals surface area contributed by atoms with Gasteiger partial charge in [0.1, 0.15) is 23.8 Å². The maximum absolute atomic E-state index is 14.1. The zero-order valence-electron chi connectivity index (χ0n) is 20.9. The minimum atomic E-state index is -0.914. The largest absolute Gasteiger partial charge is 0.445 e. The quantitative estimate of drug-likeness (QED) is 0.621. The molecule has 2 aromatic rings. The summed E-state index contributed by atoms with van der Waals surface area (Å²) in [6.07, 6.45) is 0.324. The number of anilines is 1. The number of aliphatic imine (C=N–C) groups is 1. The maximum Gasteiger partial charge on any atom is 0.410 e. The van der Waals surface area contributed by atoms with Crippen LogP contribution in [0.1, 0.15) is 39.2 Å². The lowest BCUT2D eigenvalue weighted by molar-refractivity contribution is 0.0640. The number of piperidine rings is 1. The van der Waals surface area contributed by atoms with Gasteiger partial charge in [-0.15, -0.1) is 0 Å². The Balaban J connectivity index is 1.59. The van der Waals surface area contributed by atoms with Gasteiger partial charge in [-0.2, -0.15) is 4.99 Å². The predicted octanol–water partition coefficient (Wildman–Crippen LogP) is 4.33. The molecule has 3 atom stereocenters. The van der Waals surface area contributed by atoms with Crippen LogP contribution in [-0.2, 0) is 11.3 Å². The van der Waals surface area contributed by atoms with E-state index in [0.717, 1.165) is 5.56 Å². The number of nitrogens with one attached hydrogen (secondary N) is 1. The Morgan fingerprint density at radius 2 is 2.00 bits per heavy atom. The average Bonchev–Trinajstić information content (AvgIpc) is 3.11. The molecule has 8 nitrogen and oxygen atoms in total. The smallest absolute Gasteiger partial charge is 0.410 e. The first-order valence-corrected chi connectivity index (χ1v) is 12.3. The van der Waals surface area contributed by atoms with Gasteiger partial charge in [-0.25, -0.2) is 14.0 Å². The number of hydrogen-bond acceptors (Lipinski definition) is 5. The van der Waals surface area contributed by atoms with E-state index in [2.05, 4.69) is 10.3 Å². The first kappa shape index (κ1) is 25.6. The van der Waals surface area contributed by atoms with Crippen LogP contribution in [0.15, 0.2) is 59.6 Å². The molecular weight excluding hydrogens is 463 g/mol. The molecule has 1 spiro atoms. The van der Waals surface area contributed by atoms with E-state index in [1.807, 2.05) is 51.1 Å². The molecule has 0 aromatic heterocycles. The number of halogens is 1. The van der Waals surface area contributed by atoms with E-state index >= 15 is 0 Å². The van der Waals surface area contributed by atoms with Gasteiger partial charge in [0.25, 0.3) is 0 Å². The number of urea groups is 1. The number of aliphatic hydroxyl groups is 1. The van der Waals surface area contributed by atoms with Crippen LogP contribution in [0.5, 0.6) is 0 Å². The van der Waals surface area contributed by atoms with Gasteiger partial charge in [0.15, 0.2) is 0 Å². The molecule has 2 aliphatic rings. The van der Waals surface area contributed by atoms with E-state index in [1.54, 1.807) is 17.0 Å². The monoisotopic (exact) mass is 496 g/mol. The minimum absolute atomic E-state index is 0.0820. The van der Waals surface area contributed by atoms with E-state index in [1.165, 1.54) is 17.0 Å². The highest BCUT2D eigenvalue weighted by molar-refractivity contribution is 6.16. The summed E-state index contributed by atoms with van der Waals surface area (Å²) in [5.74, 6) is 0.0643. The maximum atomic E-state index is 14.1. The summed E-state index contributed by atoms with van der Waals surface area (Å²) in [6.45, 7) is 6.20. The van der Waals surface area contributed by atoms with E-state index in [0.29, 0.717) is 30.9 Å². The van der Waals surface area contributed by atoms with Gasteiger partial charge in [-0.3, -0.25) is 4.90 Å². The second-order valence-electron chi connectivity index (χ2n) is 9.80. The molecule has 2 aliphatic heterocycles. The second-order valence-corrected chi connectivity index (χ2v) is 9.80. The molecule has 0 bridgehead atoms. The van der Waals surface area contributed by atoms with E-state index in [-0.39, 0.29) is 31.2 Å². The van der Waals surface area contributed by atoms with Crippen molar-refractivity contribution in [2.75, 3.05) is 18.1 Å². The lowest BCUT2D eigenvalue weighted by Crippen LogP contribution is -2.65. The Morgan fingerprint density at radius 3 is 2.64 bits per heavy atom. The zero-order chi connectivity index (χ0) is 25.9. The Morgan fingerprint density at radius 1 is 1.25 bits per heavy atom. The van der Waals surface area contributed by atoms with Gasteiger partial charge in [0, 0.05) is 18.3 Å². The molecule has 192 valence electrons. The molecule has 3 amide bonds. The number of rotatable bonds is 6. The number of aliphatic hydroxyl groups excluding tert-OH is 1. The van der Waals surface area contributed by atoms with Gasteiger partial charge < -0.3 is 20.1 Å². The van der Waals surface area contributed by atoms with Crippen molar-refractivity contribution >= 4 is 23.6 Å². The SMILES string of the molecule is CC(C)C(CO)NC1=NC(=O)N(c2cccc(F)c2)[C@@]12CCN(C(=O)OCc1ccccc1)[C@@H](C)C2. The molecule has 0 radical (unpaired) electrons. The highest BCUT2D eigenvalue weighted by Gasteiger charge is 2.54. The molecular formula is C27H33FN4O4. The van der Waals surface area contributed by atoms with Crippen molar-refractivity contribution in [3.05, 3.63) is 66.0 Å². The summed E-state index contributed by atoms with van der Waals surface area (Å²) in [6, 6.07) is 14.2. The first-order valence-electron chi connectivity index (χ1n) is 12.3. The van der Waals surface area contributed by atoms with E-state index in [4.69, 9.17) is 4.74 Å². The topological polar surface area (TPSA) is 94.5 Å². The van der Waals surface area contributed by atoms with Crippen LogP contribution in [0.3, 0.4) is 0 Å². The predicted molar refractivity (Wildman–Crippen MR) is 135 cm³/mol. The third-order valence-corrected chi connectivity index (χ3v) is 7.03. The number of hydrogen-bond donors (Lipinski definition) is 2. The van der Waals surface area contributed by atoms with Crippen molar-refractivity contribution in [2.24, 2.45) is 10.9 Å². The lowest BCUT2D eigenvalue weighted by atomic mass is 9.80. The highest BCUT2D eigenvalue weighted by atomic mass is 19.1. The fraction of sp³-hybridized carbons (Fsp3) is 0.444. The Bertz CT molecular complexity index is 1130. The molecule has 4 rings (SSSR count). The molecule has 0 saturated carbocycles. The average molecular weight is 497 g/mol. The number of benzene rings is 2. The molecule has 1 unspecified atom stereocenters.